The number of rotatable bonds is 9. The van der Waals surface area contributed by atoms with Crippen LogP contribution in [0.5, 0.6) is 11.5 Å². The van der Waals surface area contributed by atoms with Crippen molar-refractivity contribution in [2.75, 3.05) is 44.8 Å². The second-order valence-corrected chi connectivity index (χ2v) is 9.53. The lowest BCUT2D eigenvalue weighted by molar-refractivity contribution is -0.157. The Labute approximate surface area is 218 Å². The summed E-state index contributed by atoms with van der Waals surface area (Å²) in [5, 5.41) is 3.89. The van der Waals surface area contributed by atoms with Gasteiger partial charge in [-0.2, -0.15) is 0 Å². The van der Waals surface area contributed by atoms with Crippen LogP contribution in [0.3, 0.4) is 0 Å². The number of carbonyl (C=O) groups excluding carboxylic acids is 1. The highest BCUT2D eigenvalue weighted by atomic mass is 35.5. The lowest BCUT2D eigenvalue weighted by Gasteiger charge is -2.30. The minimum atomic E-state index is -0.498. The molecule has 2 aliphatic heterocycles. The molecule has 3 aromatic rings. The first-order valence-electron chi connectivity index (χ1n) is 12.2. The lowest BCUT2D eigenvalue weighted by Crippen LogP contribution is -2.45. The van der Waals surface area contributed by atoms with Crippen LogP contribution in [0, 0.1) is 5.82 Å². The third kappa shape index (κ3) is 6.38. The fourth-order valence-electron chi connectivity index (χ4n) is 4.42. The fourth-order valence-corrected chi connectivity index (χ4v) is 4.60. The SMILES string of the molecule is CC1CN(CCOc2cc3ncnc(Nc4ccc(F)c(Cl)c4)c3cc2OCC2CCCO2)CC(=O)O1. The van der Waals surface area contributed by atoms with Crippen LogP contribution in [-0.4, -0.2) is 72.5 Å². The van der Waals surface area contributed by atoms with Crippen molar-refractivity contribution in [3.05, 3.63) is 47.5 Å². The van der Waals surface area contributed by atoms with Gasteiger partial charge in [-0.3, -0.25) is 9.69 Å². The van der Waals surface area contributed by atoms with E-state index in [-0.39, 0.29) is 29.7 Å². The molecule has 2 aliphatic rings. The Balaban J connectivity index is 1.38. The van der Waals surface area contributed by atoms with Gasteiger partial charge in [0, 0.05) is 36.8 Å². The molecule has 0 aliphatic carbocycles. The number of ether oxygens (including phenoxy) is 4. The third-order valence-corrected chi connectivity index (χ3v) is 6.49. The van der Waals surface area contributed by atoms with Gasteiger partial charge >= 0.3 is 5.97 Å². The molecule has 0 amide bonds. The highest BCUT2D eigenvalue weighted by Crippen LogP contribution is 2.36. The molecule has 2 fully saturated rings. The number of nitrogens with zero attached hydrogens (tertiary/aromatic N) is 3. The van der Waals surface area contributed by atoms with Crippen LogP contribution >= 0.6 is 11.6 Å². The van der Waals surface area contributed by atoms with E-state index in [0.717, 1.165) is 19.4 Å². The fraction of sp³-hybridized carbons (Fsp3) is 0.423. The minimum Gasteiger partial charge on any atom is -0.488 e. The molecule has 2 unspecified atom stereocenters. The van der Waals surface area contributed by atoms with E-state index in [1.165, 1.54) is 18.5 Å². The van der Waals surface area contributed by atoms with Crippen LogP contribution in [0.2, 0.25) is 5.02 Å². The summed E-state index contributed by atoms with van der Waals surface area (Å²) in [5.74, 6) is 0.852. The summed E-state index contributed by atoms with van der Waals surface area (Å²) in [6.07, 6.45) is 3.26. The van der Waals surface area contributed by atoms with Gasteiger partial charge in [0.1, 0.15) is 37.3 Å². The van der Waals surface area contributed by atoms with Crippen molar-refractivity contribution >= 4 is 40.0 Å². The molecule has 3 heterocycles. The van der Waals surface area contributed by atoms with Gasteiger partial charge in [-0.1, -0.05) is 11.6 Å². The number of morpholine rings is 1. The van der Waals surface area contributed by atoms with Crippen molar-refractivity contribution in [3.63, 3.8) is 0 Å². The number of carbonyl (C=O) groups is 1. The van der Waals surface area contributed by atoms with E-state index in [4.69, 9.17) is 30.5 Å². The second-order valence-electron chi connectivity index (χ2n) is 9.12. The van der Waals surface area contributed by atoms with Gasteiger partial charge in [-0.25, -0.2) is 14.4 Å². The number of nitrogens with one attached hydrogen (secondary N) is 1. The molecule has 9 nitrogen and oxygen atoms in total. The number of hydrogen-bond donors (Lipinski definition) is 1. The molecule has 2 atom stereocenters. The molecule has 37 heavy (non-hydrogen) atoms. The van der Waals surface area contributed by atoms with Crippen molar-refractivity contribution in [2.45, 2.75) is 32.0 Å². The first-order chi connectivity index (χ1) is 17.9. The van der Waals surface area contributed by atoms with E-state index >= 15 is 0 Å². The molecule has 0 bridgehead atoms. The molecule has 2 saturated heterocycles. The van der Waals surface area contributed by atoms with Crippen LogP contribution in [0.1, 0.15) is 19.8 Å². The Bertz CT molecular complexity index is 1270. The zero-order valence-corrected chi connectivity index (χ0v) is 21.2. The van der Waals surface area contributed by atoms with E-state index in [9.17, 15) is 9.18 Å². The topological polar surface area (TPSA) is 95.0 Å². The van der Waals surface area contributed by atoms with E-state index in [1.54, 1.807) is 12.1 Å². The van der Waals surface area contributed by atoms with Crippen LogP contribution < -0.4 is 14.8 Å². The standard InChI is InChI=1S/C26H28ClFN4O5/c1-16-12-32(13-25(33)37-16)6-8-35-24-11-22-19(10-23(24)36-14-18-3-2-7-34-18)26(30-15-29-22)31-17-4-5-21(28)20(27)9-17/h4-5,9-11,15-16,18H,2-3,6-8,12-14H2,1H3,(H,29,30,31). The largest absolute Gasteiger partial charge is 0.488 e. The molecular formula is C26H28ClFN4O5. The van der Waals surface area contributed by atoms with E-state index in [1.807, 2.05) is 17.9 Å². The Morgan fingerprint density at radius 2 is 2.08 bits per heavy atom. The molecule has 196 valence electrons. The summed E-state index contributed by atoms with van der Waals surface area (Å²) in [6.45, 7) is 4.80. The average Bonchev–Trinajstić information content (AvgIpc) is 3.38. The van der Waals surface area contributed by atoms with Gasteiger partial charge in [-0.05, 0) is 44.0 Å². The number of aromatic nitrogens is 2. The van der Waals surface area contributed by atoms with Gasteiger partial charge in [0.15, 0.2) is 11.5 Å². The molecule has 0 spiro atoms. The Kier molecular flexibility index (Phi) is 7.87. The number of halogens is 2. The van der Waals surface area contributed by atoms with Gasteiger partial charge in [-0.15, -0.1) is 0 Å². The zero-order valence-electron chi connectivity index (χ0n) is 20.4. The van der Waals surface area contributed by atoms with Gasteiger partial charge in [0.2, 0.25) is 0 Å². The smallest absolute Gasteiger partial charge is 0.320 e. The van der Waals surface area contributed by atoms with Crippen molar-refractivity contribution in [1.82, 2.24) is 14.9 Å². The average molecular weight is 531 g/mol. The monoisotopic (exact) mass is 530 g/mol. The molecule has 1 N–H and O–H groups in total. The summed E-state index contributed by atoms with van der Waals surface area (Å²) in [7, 11) is 0. The minimum absolute atomic E-state index is 0.0102. The summed E-state index contributed by atoms with van der Waals surface area (Å²) in [4.78, 5) is 22.5. The number of benzene rings is 2. The highest BCUT2D eigenvalue weighted by molar-refractivity contribution is 6.31. The van der Waals surface area contributed by atoms with E-state index in [0.29, 0.717) is 60.2 Å². The van der Waals surface area contributed by atoms with Crippen LogP contribution in [0.4, 0.5) is 15.9 Å². The summed E-state index contributed by atoms with van der Waals surface area (Å²) in [6, 6.07) is 8.00. The van der Waals surface area contributed by atoms with Crippen molar-refractivity contribution in [3.8, 4) is 11.5 Å². The molecule has 5 rings (SSSR count). The summed E-state index contributed by atoms with van der Waals surface area (Å²) in [5.41, 5.74) is 1.23. The molecule has 11 heteroatoms. The second kappa shape index (κ2) is 11.5. The number of cyclic esters (lactones) is 1. The van der Waals surface area contributed by atoms with Crippen LogP contribution in [-0.2, 0) is 14.3 Å². The summed E-state index contributed by atoms with van der Waals surface area (Å²) < 4.78 is 36.8. The van der Waals surface area contributed by atoms with E-state index in [2.05, 4.69) is 15.3 Å². The van der Waals surface area contributed by atoms with Crippen molar-refractivity contribution in [2.24, 2.45) is 0 Å². The number of anilines is 2. The molecular weight excluding hydrogens is 503 g/mol. The maximum Gasteiger partial charge on any atom is 0.320 e. The predicted molar refractivity (Wildman–Crippen MR) is 136 cm³/mol. The number of esters is 1. The van der Waals surface area contributed by atoms with E-state index < -0.39 is 5.82 Å². The molecule has 0 saturated carbocycles. The van der Waals surface area contributed by atoms with Crippen LogP contribution in [0.25, 0.3) is 10.9 Å². The zero-order chi connectivity index (χ0) is 25.8. The Morgan fingerprint density at radius 1 is 1.22 bits per heavy atom. The van der Waals surface area contributed by atoms with Gasteiger partial charge < -0.3 is 24.3 Å². The molecule has 0 radical (unpaired) electrons. The first kappa shape index (κ1) is 25.4. The number of fused-ring (bicyclic) bond motifs is 1. The van der Waals surface area contributed by atoms with Crippen molar-refractivity contribution in [1.29, 1.82) is 0 Å². The molecule has 2 aromatic carbocycles. The van der Waals surface area contributed by atoms with Crippen LogP contribution in [0.15, 0.2) is 36.7 Å². The van der Waals surface area contributed by atoms with Gasteiger partial charge in [0.05, 0.1) is 23.2 Å². The lowest BCUT2D eigenvalue weighted by atomic mass is 10.2. The Morgan fingerprint density at radius 3 is 2.86 bits per heavy atom. The molecule has 1 aromatic heterocycles. The highest BCUT2D eigenvalue weighted by Gasteiger charge is 2.24. The third-order valence-electron chi connectivity index (χ3n) is 6.20. The maximum atomic E-state index is 13.6. The van der Waals surface area contributed by atoms with Gasteiger partial charge in [0.25, 0.3) is 0 Å². The number of hydrogen-bond acceptors (Lipinski definition) is 9. The maximum absolute atomic E-state index is 13.6. The normalized spacial score (nSPS) is 20.1. The summed E-state index contributed by atoms with van der Waals surface area (Å²) >= 11 is 5.94. The predicted octanol–water partition coefficient (Wildman–Crippen LogP) is 4.35. The Hall–Kier alpha value is -3.21. The first-order valence-corrected chi connectivity index (χ1v) is 12.6. The quantitative estimate of drug-likeness (QED) is 0.405. The van der Waals surface area contributed by atoms with Crippen molar-refractivity contribution < 1.29 is 28.1 Å².